The van der Waals surface area contributed by atoms with Crippen LogP contribution in [0.2, 0.25) is 0 Å². The fraction of sp³-hybridized carbons (Fsp3) is 0.483. The molecule has 198 valence electrons. The number of piperidine rings is 4. The number of hydrogen-bond acceptors (Lipinski definition) is 5. The van der Waals surface area contributed by atoms with Crippen molar-refractivity contribution in [3.8, 4) is 0 Å². The minimum atomic E-state index is -0.505. The number of amides is 1. The first-order valence-electron chi connectivity index (χ1n) is 13.2. The largest absolute Gasteiger partial charge is 1.00 e. The predicted molar refractivity (Wildman–Crippen MR) is 136 cm³/mol. The van der Waals surface area contributed by atoms with E-state index in [9.17, 15) is 14.4 Å². The minimum Gasteiger partial charge on any atom is -1.00 e. The lowest BCUT2D eigenvalue weighted by atomic mass is 9.82. The van der Waals surface area contributed by atoms with E-state index in [0.717, 1.165) is 37.1 Å². The third-order valence-corrected chi connectivity index (χ3v) is 8.52. The van der Waals surface area contributed by atoms with Crippen LogP contribution in [-0.4, -0.2) is 72.4 Å². The number of carbonyl (C=O) groups is 3. The second-order valence-corrected chi connectivity index (χ2v) is 10.8. The molecule has 1 unspecified atom stereocenters. The van der Waals surface area contributed by atoms with Gasteiger partial charge in [-0.1, -0.05) is 60.7 Å². The molecule has 4 aliphatic heterocycles. The smallest absolute Gasteiger partial charge is 0.328 e. The van der Waals surface area contributed by atoms with Crippen molar-refractivity contribution in [1.29, 1.82) is 0 Å². The van der Waals surface area contributed by atoms with Gasteiger partial charge < -0.3 is 27.4 Å². The first-order chi connectivity index (χ1) is 17.4. The average Bonchev–Trinajstić information content (AvgIpc) is 2.90. The number of benzene rings is 2. The Morgan fingerprint density at radius 3 is 2.11 bits per heavy atom. The second kappa shape index (κ2) is 11.8. The molecule has 0 aromatic heterocycles. The Kier molecular flexibility index (Phi) is 8.67. The van der Waals surface area contributed by atoms with Crippen molar-refractivity contribution in [3.63, 3.8) is 0 Å². The molecule has 8 heteroatoms. The van der Waals surface area contributed by atoms with Gasteiger partial charge in [-0.2, -0.15) is 0 Å². The molecule has 6 rings (SSSR count). The topological polar surface area (TPSA) is 89.7 Å². The summed E-state index contributed by atoms with van der Waals surface area (Å²) >= 11 is 0. The first kappa shape index (κ1) is 27.3. The molecule has 2 bridgehead atoms. The molecule has 2 N–H and O–H groups in total. The van der Waals surface area contributed by atoms with Crippen molar-refractivity contribution in [2.45, 2.75) is 37.8 Å². The molecule has 37 heavy (non-hydrogen) atoms. The number of primary amides is 1. The van der Waals surface area contributed by atoms with Crippen molar-refractivity contribution in [2.75, 3.05) is 39.3 Å². The van der Waals surface area contributed by atoms with Gasteiger partial charge in [0.25, 0.3) is 0 Å². The van der Waals surface area contributed by atoms with Crippen molar-refractivity contribution in [3.05, 3.63) is 71.8 Å². The summed E-state index contributed by atoms with van der Waals surface area (Å²) in [5.74, 6) is -0.134. The lowest BCUT2D eigenvalue weighted by Gasteiger charge is -2.51. The van der Waals surface area contributed by atoms with Crippen molar-refractivity contribution < 1.29 is 36.0 Å². The Labute approximate surface area is 224 Å². The van der Waals surface area contributed by atoms with Gasteiger partial charge in [0.05, 0.1) is 13.1 Å². The predicted octanol–water partition coefficient (Wildman–Crippen LogP) is -0.0359. The Balaban J connectivity index is 0.00000320. The number of esters is 1. The summed E-state index contributed by atoms with van der Waals surface area (Å²) in [6.07, 6.45) is 3.07. The van der Waals surface area contributed by atoms with Crippen LogP contribution in [0.1, 0.15) is 47.6 Å². The first-order valence-corrected chi connectivity index (χ1v) is 13.2. The molecule has 4 aliphatic rings. The summed E-state index contributed by atoms with van der Waals surface area (Å²) < 4.78 is 6.98. The van der Waals surface area contributed by atoms with Crippen LogP contribution in [0.4, 0.5) is 0 Å². The Morgan fingerprint density at radius 1 is 0.919 bits per heavy atom. The Hall–Kier alpha value is -2.74. The van der Waals surface area contributed by atoms with E-state index >= 15 is 0 Å². The number of likely N-dealkylation sites (tertiary alicyclic amines) is 1. The molecule has 0 radical (unpaired) electrons. The van der Waals surface area contributed by atoms with E-state index in [1.807, 2.05) is 60.7 Å². The number of ketones is 1. The van der Waals surface area contributed by atoms with Crippen molar-refractivity contribution in [1.82, 2.24) is 4.90 Å². The number of fused-ring (bicyclic) bond motifs is 3. The van der Waals surface area contributed by atoms with Crippen LogP contribution in [0.15, 0.2) is 60.7 Å². The maximum Gasteiger partial charge on any atom is 0.328 e. The summed E-state index contributed by atoms with van der Waals surface area (Å²) in [6.45, 7) is 4.32. The fourth-order valence-electron chi connectivity index (χ4n) is 6.38. The number of quaternary nitrogens is 1. The lowest BCUT2D eigenvalue weighted by Crippen LogP contribution is -3.00. The van der Waals surface area contributed by atoms with Gasteiger partial charge in [-0.25, -0.2) is 4.79 Å². The van der Waals surface area contributed by atoms with E-state index in [-0.39, 0.29) is 42.1 Å². The minimum absolute atomic E-state index is 0. The second-order valence-electron chi connectivity index (χ2n) is 10.8. The van der Waals surface area contributed by atoms with Gasteiger partial charge in [-0.05, 0) is 18.4 Å². The van der Waals surface area contributed by atoms with E-state index in [0.29, 0.717) is 49.4 Å². The van der Waals surface area contributed by atoms with Gasteiger partial charge in [0, 0.05) is 43.3 Å². The number of Topliss-reactive ketones (excluding diaryl/α,β-unsaturated/α-hetero) is 1. The zero-order valence-corrected chi connectivity index (χ0v) is 21.9. The van der Waals surface area contributed by atoms with E-state index in [4.69, 9.17) is 10.5 Å². The highest BCUT2D eigenvalue weighted by Crippen LogP contribution is 2.37. The molecule has 2 aromatic carbocycles. The van der Waals surface area contributed by atoms with Crippen LogP contribution in [0.3, 0.4) is 0 Å². The van der Waals surface area contributed by atoms with Crippen LogP contribution in [0, 0.1) is 11.8 Å². The third kappa shape index (κ3) is 6.06. The standard InChI is InChI=1S/C29H35N3O4.ClH/c30-28(34)24-11-15-31(16-12-24)27(23-9-5-2-6-10-23)29(35)36-26-20-32(17-13-22(26)14-18-32)19-25(33)21-7-3-1-4-8-21;/h1-10,22,24,26-27H,11-20H2,(H-,30,34);1H/t22?,26-,27?,32?;/m0./s1. The van der Waals surface area contributed by atoms with Gasteiger partial charge in [-0.15, -0.1) is 0 Å². The summed E-state index contributed by atoms with van der Waals surface area (Å²) in [7, 11) is 0. The SMILES string of the molecule is NC(=O)C1CCN(C(C(=O)O[C@H]2C[N+]3(CC(=O)c4ccccc4)CCC2CC3)c2ccccc2)CC1.[Cl-]. The zero-order chi connectivity index (χ0) is 25.1. The number of nitrogens with zero attached hydrogens (tertiary/aromatic N) is 2. The number of hydrogen-bond donors (Lipinski definition) is 1. The molecule has 4 saturated heterocycles. The molecule has 0 saturated carbocycles. The van der Waals surface area contributed by atoms with E-state index in [2.05, 4.69) is 4.90 Å². The summed E-state index contributed by atoms with van der Waals surface area (Å²) in [5.41, 5.74) is 7.18. The highest BCUT2D eigenvalue weighted by Gasteiger charge is 2.49. The summed E-state index contributed by atoms with van der Waals surface area (Å²) in [4.78, 5) is 40.5. The molecule has 0 aliphatic carbocycles. The number of rotatable bonds is 8. The summed E-state index contributed by atoms with van der Waals surface area (Å²) in [6, 6.07) is 18.7. The zero-order valence-electron chi connectivity index (χ0n) is 21.1. The van der Waals surface area contributed by atoms with E-state index < -0.39 is 6.04 Å². The van der Waals surface area contributed by atoms with Crippen LogP contribution in [-0.2, 0) is 14.3 Å². The van der Waals surface area contributed by atoms with Gasteiger partial charge in [0.1, 0.15) is 19.1 Å². The Morgan fingerprint density at radius 2 is 1.51 bits per heavy atom. The number of halogens is 1. The molecular formula is C29H36ClN3O4. The average molecular weight is 526 g/mol. The quantitative estimate of drug-likeness (QED) is 0.297. The third-order valence-electron chi connectivity index (χ3n) is 8.52. The molecule has 2 aromatic rings. The lowest BCUT2D eigenvalue weighted by molar-refractivity contribution is -0.938. The van der Waals surface area contributed by atoms with Crippen molar-refractivity contribution in [2.24, 2.45) is 17.6 Å². The molecule has 2 atom stereocenters. The molecule has 4 fully saturated rings. The van der Waals surface area contributed by atoms with Crippen LogP contribution >= 0.6 is 0 Å². The van der Waals surface area contributed by atoms with Gasteiger partial charge in [0.2, 0.25) is 11.7 Å². The maximum absolute atomic E-state index is 13.7. The van der Waals surface area contributed by atoms with Crippen LogP contribution < -0.4 is 18.1 Å². The van der Waals surface area contributed by atoms with Gasteiger partial charge in [0.15, 0.2) is 6.10 Å². The monoisotopic (exact) mass is 525 g/mol. The normalized spacial score (nSPS) is 26.6. The van der Waals surface area contributed by atoms with Crippen LogP contribution in [0.25, 0.3) is 0 Å². The molecule has 0 spiro atoms. The Bertz CT molecular complexity index is 1080. The number of nitrogens with two attached hydrogens (primary N) is 1. The number of ether oxygens (including phenoxy) is 1. The van der Waals surface area contributed by atoms with E-state index in [1.54, 1.807) is 0 Å². The highest BCUT2D eigenvalue weighted by molar-refractivity contribution is 5.97. The molecule has 4 heterocycles. The van der Waals surface area contributed by atoms with Gasteiger partial charge >= 0.3 is 5.97 Å². The van der Waals surface area contributed by atoms with E-state index in [1.165, 1.54) is 0 Å². The maximum atomic E-state index is 13.7. The van der Waals surface area contributed by atoms with Crippen molar-refractivity contribution >= 4 is 17.7 Å². The number of carbonyl (C=O) groups excluding carboxylic acids is 3. The summed E-state index contributed by atoms with van der Waals surface area (Å²) in [5, 5.41) is 0. The van der Waals surface area contributed by atoms with Crippen LogP contribution in [0.5, 0.6) is 0 Å². The van der Waals surface area contributed by atoms with Gasteiger partial charge in [-0.3, -0.25) is 14.5 Å². The molecule has 7 nitrogen and oxygen atoms in total. The molecule has 1 amide bonds. The fourth-order valence-corrected chi connectivity index (χ4v) is 6.38. The molecular weight excluding hydrogens is 490 g/mol. The highest BCUT2D eigenvalue weighted by atomic mass is 35.5.